The molecule has 0 aliphatic heterocycles. The van der Waals surface area contributed by atoms with Gasteiger partial charge in [0.25, 0.3) is 5.56 Å². The van der Waals surface area contributed by atoms with Gasteiger partial charge in [-0.05, 0) is 18.6 Å². The summed E-state index contributed by atoms with van der Waals surface area (Å²) in [6.45, 7) is 2.40. The van der Waals surface area contributed by atoms with Crippen LogP contribution in [-0.2, 0) is 11.3 Å². The van der Waals surface area contributed by atoms with Gasteiger partial charge in [-0.25, -0.2) is 0 Å². The molecule has 2 rings (SSSR count). The summed E-state index contributed by atoms with van der Waals surface area (Å²) in [7, 11) is 0. The summed E-state index contributed by atoms with van der Waals surface area (Å²) in [5.74, 6) is -0.578. The molecule has 0 saturated heterocycles. The Morgan fingerprint density at radius 2 is 2.17 bits per heavy atom. The lowest BCUT2D eigenvalue weighted by molar-refractivity contribution is -0.113. The zero-order valence-corrected chi connectivity index (χ0v) is 14.0. The number of aromatic nitrogens is 2. The lowest BCUT2D eigenvalue weighted by Crippen LogP contribution is -2.23. The van der Waals surface area contributed by atoms with Crippen LogP contribution in [0.1, 0.15) is 13.3 Å². The number of benzene rings is 1. The van der Waals surface area contributed by atoms with Crippen LogP contribution in [0.25, 0.3) is 0 Å². The Balaban J connectivity index is 2.07. The summed E-state index contributed by atoms with van der Waals surface area (Å²) < 4.78 is 1.44. The normalized spacial score (nSPS) is 10.5. The molecule has 0 radical (unpaired) electrons. The van der Waals surface area contributed by atoms with Gasteiger partial charge in [-0.3, -0.25) is 14.2 Å². The molecule has 1 aromatic carbocycles. The Morgan fingerprint density at radius 1 is 1.43 bits per heavy atom. The maximum atomic E-state index is 12.0. The molecule has 1 heterocycles. The Morgan fingerprint density at radius 3 is 2.87 bits per heavy atom. The van der Waals surface area contributed by atoms with Gasteiger partial charge in [0.15, 0.2) is 5.16 Å². The van der Waals surface area contributed by atoms with Crippen molar-refractivity contribution in [1.82, 2.24) is 9.55 Å². The second-order valence-corrected chi connectivity index (χ2v) is 6.05. The monoisotopic (exact) mass is 353 g/mol. The van der Waals surface area contributed by atoms with Crippen LogP contribution in [0, 0.1) is 0 Å². The van der Waals surface area contributed by atoms with E-state index < -0.39 is 0 Å². The summed E-state index contributed by atoms with van der Waals surface area (Å²) in [6.07, 6.45) is 0.742. The topological polar surface area (TPSA) is 84.2 Å². The number of nitrogens with zero attached hydrogens (tertiary/aromatic N) is 2. The quantitative estimate of drug-likeness (QED) is 0.616. The minimum atomic E-state index is -0.351. The largest absolute Gasteiger partial charge is 0.493 e. The van der Waals surface area contributed by atoms with Crippen molar-refractivity contribution in [2.75, 3.05) is 11.1 Å². The number of anilines is 1. The number of hydrogen-bond donors (Lipinski definition) is 2. The third kappa shape index (κ3) is 4.74. The number of para-hydroxylation sites is 1. The van der Waals surface area contributed by atoms with Crippen molar-refractivity contribution in [3.8, 4) is 5.88 Å². The number of halogens is 1. The average molecular weight is 354 g/mol. The molecule has 8 heteroatoms. The lowest BCUT2D eigenvalue weighted by Gasteiger charge is -2.11. The molecule has 2 N–H and O–H groups in total. The molecule has 0 spiro atoms. The van der Waals surface area contributed by atoms with Gasteiger partial charge in [-0.15, -0.1) is 0 Å². The van der Waals surface area contributed by atoms with E-state index in [0.29, 0.717) is 22.4 Å². The summed E-state index contributed by atoms with van der Waals surface area (Å²) in [5, 5.41) is 12.9. The number of thioether (sulfide) groups is 1. The van der Waals surface area contributed by atoms with Gasteiger partial charge < -0.3 is 10.4 Å². The van der Waals surface area contributed by atoms with Crippen LogP contribution in [-0.4, -0.2) is 26.3 Å². The molecule has 2 aromatic rings. The highest BCUT2D eigenvalue weighted by molar-refractivity contribution is 7.99. The average Bonchev–Trinajstić information content (AvgIpc) is 2.50. The van der Waals surface area contributed by atoms with Gasteiger partial charge >= 0.3 is 0 Å². The van der Waals surface area contributed by atoms with Crippen molar-refractivity contribution in [3.63, 3.8) is 0 Å². The molecule has 0 aliphatic rings. The maximum absolute atomic E-state index is 12.0. The second-order valence-electron chi connectivity index (χ2n) is 4.70. The van der Waals surface area contributed by atoms with E-state index in [0.717, 1.165) is 24.2 Å². The molecule has 0 saturated carbocycles. The van der Waals surface area contributed by atoms with Crippen LogP contribution in [0.5, 0.6) is 5.88 Å². The summed E-state index contributed by atoms with van der Waals surface area (Å²) in [6, 6.07) is 7.98. The second kappa shape index (κ2) is 8.03. The molecule has 0 fully saturated rings. The van der Waals surface area contributed by atoms with E-state index in [1.54, 1.807) is 24.3 Å². The molecule has 0 unspecified atom stereocenters. The van der Waals surface area contributed by atoms with Gasteiger partial charge in [0.1, 0.15) is 0 Å². The first-order valence-corrected chi connectivity index (χ1v) is 8.35. The highest BCUT2D eigenvalue weighted by Crippen LogP contribution is 2.22. The van der Waals surface area contributed by atoms with Gasteiger partial charge in [0.05, 0.1) is 22.5 Å². The lowest BCUT2D eigenvalue weighted by atomic mass is 10.3. The minimum Gasteiger partial charge on any atom is -0.493 e. The fourth-order valence-corrected chi connectivity index (χ4v) is 2.90. The molecule has 122 valence electrons. The Kier molecular flexibility index (Phi) is 6.06. The van der Waals surface area contributed by atoms with Crippen molar-refractivity contribution in [3.05, 3.63) is 45.7 Å². The van der Waals surface area contributed by atoms with Gasteiger partial charge in [-0.2, -0.15) is 4.98 Å². The molecule has 0 bridgehead atoms. The third-order valence-electron chi connectivity index (χ3n) is 2.89. The number of carbonyl (C=O) groups is 1. The number of rotatable bonds is 6. The molecule has 0 atom stereocenters. The van der Waals surface area contributed by atoms with Crippen LogP contribution in [0.2, 0.25) is 5.02 Å². The van der Waals surface area contributed by atoms with Crippen LogP contribution in [0.3, 0.4) is 0 Å². The van der Waals surface area contributed by atoms with Crippen molar-refractivity contribution >= 4 is 35.0 Å². The summed E-state index contributed by atoms with van der Waals surface area (Å²) in [5.41, 5.74) is 0.183. The number of amides is 1. The SMILES string of the molecule is CCCn1c(SCC(=O)Nc2ccccc2Cl)nc(O)cc1=O. The fourth-order valence-electron chi connectivity index (χ4n) is 1.89. The first kappa shape index (κ1) is 17.4. The molecule has 23 heavy (non-hydrogen) atoms. The first-order chi connectivity index (χ1) is 11.0. The van der Waals surface area contributed by atoms with E-state index in [1.165, 1.54) is 4.57 Å². The zero-order valence-electron chi connectivity index (χ0n) is 12.5. The molecule has 6 nitrogen and oxygen atoms in total. The van der Waals surface area contributed by atoms with Crippen molar-refractivity contribution in [2.24, 2.45) is 0 Å². The van der Waals surface area contributed by atoms with E-state index in [4.69, 9.17) is 11.6 Å². The maximum Gasteiger partial charge on any atom is 0.257 e. The van der Waals surface area contributed by atoms with E-state index in [-0.39, 0.29) is 23.1 Å². The van der Waals surface area contributed by atoms with Crippen molar-refractivity contribution in [1.29, 1.82) is 0 Å². The van der Waals surface area contributed by atoms with Gasteiger partial charge in [-0.1, -0.05) is 42.4 Å². The van der Waals surface area contributed by atoms with Crippen LogP contribution in [0.4, 0.5) is 5.69 Å². The Bertz CT molecular complexity index is 764. The smallest absolute Gasteiger partial charge is 0.257 e. The van der Waals surface area contributed by atoms with Crippen LogP contribution < -0.4 is 10.9 Å². The number of nitrogens with one attached hydrogen (secondary N) is 1. The fraction of sp³-hybridized carbons (Fsp3) is 0.267. The minimum absolute atomic E-state index is 0.0465. The number of hydrogen-bond acceptors (Lipinski definition) is 5. The molecular weight excluding hydrogens is 338 g/mol. The Hall–Kier alpha value is -1.99. The van der Waals surface area contributed by atoms with E-state index in [9.17, 15) is 14.7 Å². The molecule has 0 aliphatic carbocycles. The van der Waals surface area contributed by atoms with E-state index >= 15 is 0 Å². The van der Waals surface area contributed by atoms with Gasteiger partial charge in [0, 0.05) is 6.54 Å². The Labute approximate surface area is 142 Å². The standard InChI is InChI=1S/C15H16ClN3O3S/c1-2-7-19-14(22)8-12(20)18-15(19)23-9-13(21)17-11-6-4-3-5-10(11)16/h3-6,8,20H,2,7,9H2,1H3,(H,17,21). The van der Waals surface area contributed by atoms with Crippen molar-refractivity contribution in [2.45, 2.75) is 25.0 Å². The highest BCUT2D eigenvalue weighted by Gasteiger charge is 2.12. The third-order valence-corrected chi connectivity index (χ3v) is 4.19. The van der Waals surface area contributed by atoms with Gasteiger partial charge in [0.2, 0.25) is 11.8 Å². The molecule has 1 aromatic heterocycles. The zero-order chi connectivity index (χ0) is 16.8. The van der Waals surface area contributed by atoms with Crippen LogP contribution >= 0.6 is 23.4 Å². The summed E-state index contributed by atoms with van der Waals surface area (Å²) >= 11 is 7.07. The van der Waals surface area contributed by atoms with E-state index in [1.807, 2.05) is 6.92 Å². The molecule has 1 amide bonds. The summed E-state index contributed by atoms with van der Waals surface area (Å²) in [4.78, 5) is 27.8. The predicted molar refractivity (Wildman–Crippen MR) is 91.3 cm³/mol. The predicted octanol–water partition coefficient (Wildman–Crippen LogP) is 2.74. The van der Waals surface area contributed by atoms with E-state index in [2.05, 4.69) is 10.3 Å². The number of aromatic hydroxyl groups is 1. The van der Waals surface area contributed by atoms with Crippen molar-refractivity contribution < 1.29 is 9.90 Å². The molecular formula is C15H16ClN3O3S. The number of carbonyl (C=O) groups excluding carboxylic acids is 1. The first-order valence-electron chi connectivity index (χ1n) is 6.99. The van der Waals surface area contributed by atoms with Crippen LogP contribution in [0.15, 0.2) is 40.3 Å². The highest BCUT2D eigenvalue weighted by atomic mass is 35.5.